The lowest BCUT2D eigenvalue weighted by atomic mass is 9.93. The minimum Gasteiger partial charge on any atom is -0.393 e. The molecule has 0 aromatic heterocycles. The number of hydrogen-bond donors (Lipinski definition) is 2. The van der Waals surface area contributed by atoms with Crippen molar-refractivity contribution in [2.45, 2.75) is 49.3 Å². The van der Waals surface area contributed by atoms with Crippen LogP contribution in [0.5, 0.6) is 0 Å². The zero-order chi connectivity index (χ0) is 24.1. The van der Waals surface area contributed by atoms with Gasteiger partial charge in [-0.2, -0.15) is 0 Å². The van der Waals surface area contributed by atoms with Gasteiger partial charge in [-0.1, -0.05) is 60.1 Å². The Balaban J connectivity index is 1.64. The van der Waals surface area contributed by atoms with Gasteiger partial charge in [0.05, 0.1) is 28.3 Å². The lowest BCUT2D eigenvalue weighted by molar-refractivity contribution is 0.0867. The number of carbonyl (C=O) groups is 1. The van der Waals surface area contributed by atoms with Crippen molar-refractivity contribution in [1.82, 2.24) is 5.32 Å². The molecule has 8 heteroatoms. The van der Waals surface area contributed by atoms with Crippen LogP contribution in [0.2, 0.25) is 5.02 Å². The molecule has 0 radical (unpaired) electrons. The second-order valence-corrected chi connectivity index (χ2v) is 10.7. The molecule has 1 aliphatic carbocycles. The van der Waals surface area contributed by atoms with E-state index in [1.807, 2.05) is 30.3 Å². The van der Waals surface area contributed by atoms with E-state index in [-0.39, 0.29) is 35.1 Å². The Labute approximate surface area is 205 Å². The van der Waals surface area contributed by atoms with Gasteiger partial charge in [0.2, 0.25) is 0 Å². The fourth-order valence-corrected chi connectivity index (χ4v) is 5.92. The highest BCUT2D eigenvalue weighted by molar-refractivity contribution is 7.92. The number of para-hydroxylation sites is 1. The van der Waals surface area contributed by atoms with E-state index < -0.39 is 10.0 Å². The van der Waals surface area contributed by atoms with Crippen LogP contribution >= 0.6 is 11.6 Å². The average molecular weight is 499 g/mol. The normalized spacial score (nSPS) is 18.3. The third kappa shape index (κ3) is 5.60. The third-order valence-electron chi connectivity index (χ3n) is 6.01. The molecule has 1 fully saturated rings. The van der Waals surface area contributed by atoms with Crippen molar-refractivity contribution in [1.29, 1.82) is 0 Å². The van der Waals surface area contributed by atoms with Gasteiger partial charge in [-0.3, -0.25) is 9.10 Å². The predicted octanol–water partition coefficient (Wildman–Crippen LogP) is 4.77. The summed E-state index contributed by atoms with van der Waals surface area (Å²) < 4.78 is 28.9. The molecule has 1 aliphatic rings. The number of hydrogen-bond acceptors (Lipinski definition) is 4. The van der Waals surface area contributed by atoms with Gasteiger partial charge in [-0.15, -0.1) is 0 Å². The first-order chi connectivity index (χ1) is 16.3. The monoisotopic (exact) mass is 498 g/mol. The number of nitrogens with zero attached hydrogens (tertiary/aromatic N) is 1. The highest BCUT2D eigenvalue weighted by atomic mass is 35.5. The molecule has 0 heterocycles. The van der Waals surface area contributed by atoms with E-state index >= 15 is 0 Å². The summed E-state index contributed by atoms with van der Waals surface area (Å²) in [6.07, 6.45) is 2.36. The van der Waals surface area contributed by atoms with Crippen molar-refractivity contribution in [3.63, 3.8) is 0 Å². The zero-order valence-corrected chi connectivity index (χ0v) is 20.2. The van der Waals surface area contributed by atoms with E-state index in [2.05, 4.69) is 5.32 Å². The average Bonchev–Trinajstić information content (AvgIpc) is 2.85. The Bertz CT molecular complexity index is 1240. The third-order valence-corrected chi connectivity index (χ3v) is 8.08. The fourth-order valence-electron chi connectivity index (χ4n) is 4.12. The molecular formula is C26H27ClN2O4S. The molecule has 0 spiro atoms. The number of amides is 1. The number of rotatable bonds is 7. The van der Waals surface area contributed by atoms with Crippen molar-refractivity contribution < 1.29 is 18.3 Å². The topological polar surface area (TPSA) is 86.7 Å². The van der Waals surface area contributed by atoms with Crippen LogP contribution in [0.15, 0.2) is 83.8 Å². The maximum atomic E-state index is 13.8. The Kier molecular flexibility index (Phi) is 7.56. The highest BCUT2D eigenvalue weighted by Gasteiger charge is 2.28. The molecule has 1 amide bonds. The standard InChI is InChI=1S/C26H27ClN2O4S/c27-24-11-4-5-12-25(24)29(18-19-7-2-1-3-8-19)34(32,33)23-10-6-9-20(17-23)26(31)28-21-13-15-22(30)16-14-21/h1-12,17,21-22,30H,13-16,18H2,(H,28,31). The molecule has 3 aromatic rings. The van der Waals surface area contributed by atoms with Gasteiger partial charge < -0.3 is 10.4 Å². The smallest absolute Gasteiger partial charge is 0.264 e. The summed E-state index contributed by atoms with van der Waals surface area (Å²) in [5, 5.41) is 13.0. The molecule has 0 atom stereocenters. The van der Waals surface area contributed by atoms with Gasteiger partial charge in [0.25, 0.3) is 15.9 Å². The first-order valence-corrected chi connectivity index (χ1v) is 13.1. The van der Waals surface area contributed by atoms with E-state index in [4.69, 9.17) is 11.6 Å². The molecule has 1 saturated carbocycles. The SMILES string of the molecule is O=C(NC1CCC(O)CC1)c1cccc(S(=O)(=O)N(Cc2ccccc2)c2ccccc2Cl)c1. The summed E-state index contributed by atoms with van der Waals surface area (Å²) in [5.74, 6) is -0.328. The summed E-state index contributed by atoms with van der Waals surface area (Å²) in [7, 11) is -4.04. The summed E-state index contributed by atoms with van der Waals surface area (Å²) in [4.78, 5) is 12.9. The van der Waals surface area contributed by atoms with Gasteiger partial charge in [-0.25, -0.2) is 8.42 Å². The van der Waals surface area contributed by atoms with Crippen LogP contribution in [-0.2, 0) is 16.6 Å². The predicted molar refractivity (Wildman–Crippen MR) is 133 cm³/mol. The Hall–Kier alpha value is -2.87. The Morgan fingerprint density at radius 1 is 0.941 bits per heavy atom. The molecule has 178 valence electrons. The second-order valence-electron chi connectivity index (χ2n) is 8.46. The van der Waals surface area contributed by atoms with E-state index in [0.29, 0.717) is 36.4 Å². The number of carbonyl (C=O) groups excluding carboxylic acids is 1. The molecule has 2 N–H and O–H groups in total. The summed E-state index contributed by atoms with van der Waals surface area (Å²) in [5.41, 5.74) is 1.44. The van der Waals surface area contributed by atoms with Gasteiger partial charge in [0, 0.05) is 11.6 Å². The molecular weight excluding hydrogens is 472 g/mol. The zero-order valence-electron chi connectivity index (χ0n) is 18.6. The van der Waals surface area contributed by atoms with Gasteiger partial charge in [-0.05, 0) is 61.6 Å². The quantitative estimate of drug-likeness (QED) is 0.491. The van der Waals surface area contributed by atoms with Crippen molar-refractivity contribution in [2.24, 2.45) is 0 Å². The number of benzene rings is 3. The van der Waals surface area contributed by atoms with Gasteiger partial charge in [0.15, 0.2) is 0 Å². The summed E-state index contributed by atoms with van der Waals surface area (Å²) in [6.45, 7) is 0.0910. The maximum absolute atomic E-state index is 13.8. The van der Waals surface area contributed by atoms with Crippen LogP contribution in [0.1, 0.15) is 41.6 Å². The van der Waals surface area contributed by atoms with Crippen LogP contribution in [0.4, 0.5) is 5.69 Å². The van der Waals surface area contributed by atoms with E-state index in [9.17, 15) is 18.3 Å². The minimum absolute atomic E-state index is 0.00932. The molecule has 4 rings (SSSR count). The molecule has 0 saturated heterocycles. The largest absolute Gasteiger partial charge is 0.393 e. The number of nitrogens with one attached hydrogen (secondary N) is 1. The number of halogens is 1. The minimum atomic E-state index is -4.04. The molecule has 0 aliphatic heterocycles. The van der Waals surface area contributed by atoms with Crippen LogP contribution in [0.3, 0.4) is 0 Å². The second kappa shape index (κ2) is 10.6. The Morgan fingerprint density at radius 3 is 2.32 bits per heavy atom. The lowest BCUT2D eigenvalue weighted by Gasteiger charge is -2.27. The van der Waals surface area contributed by atoms with Crippen molar-refractivity contribution in [2.75, 3.05) is 4.31 Å². The summed E-state index contributed by atoms with van der Waals surface area (Å²) in [6, 6.07) is 22.1. The molecule has 0 bridgehead atoms. The lowest BCUT2D eigenvalue weighted by Crippen LogP contribution is -2.38. The maximum Gasteiger partial charge on any atom is 0.264 e. The fraction of sp³-hybridized carbons (Fsp3) is 0.269. The van der Waals surface area contributed by atoms with Gasteiger partial charge >= 0.3 is 0 Å². The summed E-state index contributed by atoms with van der Waals surface area (Å²) >= 11 is 6.39. The van der Waals surface area contributed by atoms with Crippen LogP contribution in [-0.4, -0.2) is 31.6 Å². The molecule has 6 nitrogen and oxygen atoms in total. The number of sulfonamides is 1. The van der Waals surface area contributed by atoms with Crippen LogP contribution < -0.4 is 9.62 Å². The van der Waals surface area contributed by atoms with Crippen molar-refractivity contribution in [3.05, 3.63) is 95.0 Å². The number of anilines is 1. The molecule has 34 heavy (non-hydrogen) atoms. The van der Waals surface area contributed by atoms with Crippen LogP contribution in [0, 0.1) is 0 Å². The Morgan fingerprint density at radius 2 is 1.62 bits per heavy atom. The first-order valence-electron chi connectivity index (χ1n) is 11.2. The highest BCUT2D eigenvalue weighted by Crippen LogP contribution is 2.32. The van der Waals surface area contributed by atoms with E-state index in [1.54, 1.807) is 36.4 Å². The first kappa shape index (κ1) is 24.3. The number of aliphatic hydroxyl groups is 1. The molecule has 0 unspecified atom stereocenters. The number of aliphatic hydroxyl groups excluding tert-OH is 1. The van der Waals surface area contributed by atoms with E-state index in [0.717, 1.165) is 5.56 Å². The van der Waals surface area contributed by atoms with Crippen molar-refractivity contribution >= 4 is 33.2 Å². The van der Waals surface area contributed by atoms with Crippen LogP contribution in [0.25, 0.3) is 0 Å². The van der Waals surface area contributed by atoms with E-state index in [1.165, 1.54) is 16.4 Å². The van der Waals surface area contributed by atoms with Gasteiger partial charge in [0.1, 0.15) is 0 Å². The molecule has 3 aromatic carbocycles. The van der Waals surface area contributed by atoms with Crippen molar-refractivity contribution in [3.8, 4) is 0 Å².